The average Bonchev–Trinajstić information content (AvgIpc) is 2.88. The van der Waals surface area contributed by atoms with Gasteiger partial charge in [-0.25, -0.2) is 4.98 Å². The Kier molecular flexibility index (Phi) is 5.11. The van der Waals surface area contributed by atoms with Crippen molar-refractivity contribution >= 4 is 34.8 Å². The van der Waals surface area contributed by atoms with Crippen LogP contribution in [0.25, 0.3) is 11.4 Å². The number of hydrogen-bond donors (Lipinski definition) is 0. The molecule has 0 aliphatic rings. The Labute approximate surface area is 155 Å². The summed E-state index contributed by atoms with van der Waals surface area (Å²) in [6.45, 7) is 0.455. The molecule has 120 valence electrons. The molecule has 0 atom stereocenters. The first kappa shape index (κ1) is 16.9. The third-order valence-corrected chi connectivity index (χ3v) is 4.54. The Morgan fingerprint density at radius 2 is 1.79 bits per heavy atom. The van der Waals surface area contributed by atoms with Gasteiger partial charge in [-0.2, -0.15) is 5.26 Å². The zero-order valence-corrected chi connectivity index (χ0v) is 14.8. The molecule has 3 nitrogen and oxygen atoms in total. The Balaban J connectivity index is 2.12. The molecule has 0 radical (unpaired) electrons. The highest BCUT2D eigenvalue weighted by Gasteiger charge is 2.18. The highest BCUT2D eigenvalue weighted by molar-refractivity contribution is 6.35. The summed E-state index contributed by atoms with van der Waals surface area (Å²) in [5, 5.41) is 10.6. The molecule has 0 amide bonds. The Morgan fingerprint density at radius 3 is 2.46 bits per heavy atom. The lowest BCUT2D eigenvalue weighted by Gasteiger charge is -2.12. The van der Waals surface area contributed by atoms with Crippen molar-refractivity contribution < 1.29 is 0 Å². The zero-order chi connectivity index (χ0) is 17.1. The largest absolute Gasteiger partial charge is 0.321 e. The van der Waals surface area contributed by atoms with Crippen molar-refractivity contribution in [1.82, 2.24) is 9.55 Å². The van der Waals surface area contributed by atoms with Crippen LogP contribution in [0.3, 0.4) is 0 Å². The van der Waals surface area contributed by atoms with E-state index in [-0.39, 0.29) is 6.42 Å². The maximum Gasteiger partial charge on any atom is 0.152 e. The molecule has 3 aromatic rings. The molecule has 0 saturated carbocycles. The van der Waals surface area contributed by atoms with Crippen molar-refractivity contribution in [3.05, 3.63) is 75.0 Å². The molecule has 0 saturated heterocycles. The first-order valence-electron chi connectivity index (χ1n) is 7.21. The van der Waals surface area contributed by atoms with E-state index in [9.17, 15) is 0 Å². The third kappa shape index (κ3) is 3.42. The van der Waals surface area contributed by atoms with Crippen LogP contribution in [0.4, 0.5) is 0 Å². The van der Waals surface area contributed by atoms with Crippen molar-refractivity contribution in [2.24, 2.45) is 0 Å². The summed E-state index contributed by atoms with van der Waals surface area (Å²) in [4.78, 5) is 4.45. The summed E-state index contributed by atoms with van der Waals surface area (Å²) < 4.78 is 1.93. The van der Waals surface area contributed by atoms with Gasteiger partial charge in [-0.05, 0) is 17.7 Å². The first-order valence-corrected chi connectivity index (χ1v) is 8.34. The van der Waals surface area contributed by atoms with Gasteiger partial charge >= 0.3 is 0 Å². The zero-order valence-electron chi connectivity index (χ0n) is 12.5. The normalized spacial score (nSPS) is 10.6. The first-order chi connectivity index (χ1) is 11.6. The molecule has 0 bridgehead atoms. The number of hydrogen-bond acceptors (Lipinski definition) is 2. The molecule has 1 heterocycles. The average molecular weight is 377 g/mol. The van der Waals surface area contributed by atoms with Crippen molar-refractivity contribution in [2.45, 2.75) is 13.0 Å². The molecule has 0 unspecified atom stereocenters. The molecule has 24 heavy (non-hydrogen) atoms. The summed E-state index contributed by atoms with van der Waals surface area (Å²) >= 11 is 18.5. The van der Waals surface area contributed by atoms with Crippen molar-refractivity contribution in [3.8, 4) is 17.5 Å². The van der Waals surface area contributed by atoms with Gasteiger partial charge in [0.15, 0.2) is 5.15 Å². The van der Waals surface area contributed by atoms with E-state index in [2.05, 4.69) is 11.1 Å². The maximum atomic E-state index is 9.11. The second-order valence-electron chi connectivity index (χ2n) is 5.20. The van der Waals surface area contributed by atoms with E-state index >= 15 is 0 Å². The van der Waals surface area contributed by atoms with Crippen LogP contribution < -0.4 is 0 Å². The fourth-order valence-corrected chi connectivity index (χ4v) is 3.22. The molecular formula is C18H12Cl3N3. The minimum Gasteiger partial charge on any atom is -0.321 e. The number of rotatable bonds is 4. The van der Waals surface area contributed by atoms with E-state index in [1.807, 2.05) is 41.0 Å². The van der Waals surface area contributed by atoms with Gasteiger partial charge in [0.2, 0.25) is 0 Å². The Hall–Kier alpha value is -1.99. The number of imidazole rings is 1. The molecule has 0 N–H and O–H groups in total. The Bertz CT molecular complexity index is 911. The summed E-state index contributed by atoms with van der Waals surface area (Å²) in [6.07, 6.45) is 0.171. The molecule has 0 aliphatic carbocycles. The van der Waals surface area contributed by atoms with Crippen LogP contribution in [0.1, 0.15) is 11.3 Å². The summed E-state index contributed by atoms with van der Waals surface area (Å²) in [5.41, 5.74) is 2.48. The van der Waals surface area contributed by atoms with Crippen molar-refractivity contribution in [1.29, 1.82) is 5.26 Å². The predicted molar refractivity (Wildman–Crippen MR) is 97.6 cm³/mol. The van der Waals surface area contributed by atoms with E-state index in [0.717, 1.165) is 11.1 Å². The van der Waals surface area contributed by atoms with Gasteiger partial charge in [0.1, 0.15) is 5.82 Å². The molecule has 0 aliphatic heterocycles. The van der Waals surface area contributed by atoms with Crippen LogP contribution >= 0.6 is 34.8 Å². The molecular weight excluding hydrogens is 365 g/mol. The molecule has 0 spiro atoms. The topological polar surface area (TPSA) is 41.6 Å². The van der Waals surface area contributed by atoms with Crippen molar-refractivity contribution in [3.63, 3.8) is 0 Å². The number of nitriles is 1. The number of halogens is 3. The number of nitrogens with zero attached hydrogens (tertiary/aromatic N) is 3. The van der Waals surface area contributed by atoms with E-state index < -0.39 is 0 Å². The second-order valence-corrected chi connectivity index (χ2v) is 6.40. The standard InChI is InChI=1S/C18H12Cl3N3/c19-14-7-6-13(15(20)10-14)11-24-16(8-9-22)17(21)23-18(24)12-4-2-1-3-5-12/h1-7,10H,8,11H2. The molecule has 3 rings (SSSR count). The van der Waals surface area contributed by atoms with E-state index in [0.29, 0.717) is 33.3 Å². The lowest BCUT2D eigenvalue weighted by molar-refractivity contribution is 0.767. The van der Waals surface area contributed by atoms with Gasteiger partial charge in [-0.15, -0.1) is 0 Å². The highest BCUT2D eigenvalue weighted by Crippen LogP contribution is 2.29. The van der Waals surface area contributed by atoms with Gasteiger partial charge in [0, 0.05) is 15.6 Å². The van der Waals surface area contributed by atoms with Gasteiger partial charge in [0.05, 0.1) is 24.7 Å². The monoisotopic (exact) mass is 375 g/mol. The smallest absolute Gasteiger partial charge is 0.152 e. The number of benzene rings is 2. The fourth-order valence-electron chi connectivity index (χ4n) is 2.50. The SMILES string of the molecule is N#CCc1c(Cl)nc(-c2ccccc2)n1Cc1ccc(Cl)cc1Cl. The summed E-state index contributed by atoms with van der Waals surface area (Å²) in [6, 6.07) is 17.2. The molecule has 1 aromatic heterocycles. The third-order valence-electron chi connectivity index (χ3n) is 3.65. The molecule has 6 heteroatoms. The molecule has 2 aromatic carbocycles. The van der Waals surface area contributed by atoms with Gasteiger partial charge in [-0.3, -0.25) is 0 Å². The Morgan fingerprint density at radius 1 is 1.04 bits per heavy atom. The fraction of sp³-hybridized carbons (Fsp3) is 0.111. The van der Waals surface area contributed by atoms with Crippen LogP contribution in [0.15, 0.2) is 48.5 Å². The minimum atomic E-state index is 0.171. The van der Waals surface area contributed by atoms with Gasteiger partial charge in [-0.1, -0.05) is 71.2 Å². The number of aromatic nitrogens is 2. The predicted octanol–water partition coefficient (Wildman–Crippen LogP) is 5.62. The van der Waals surface area contributed by atoms with Gasteiger partial charge in [0.25, 0.3) is 0 Å². The van der Waals surface area contributed by atoms with E-state index in [4.69, 9.17) is 40.1 Å². The lowest BCUT2D eigenvalue weighted by atomic mass is 10.2. The summed E-state index contributed by atoms with van der Waals surface area (Å²) in [5.74, 6) is 0.705. The van der Waals surface area contributed by atoms with Crippen molar-refractivity contribution in [2.75, 3.05) is 0 Å². The van der Waals surface area contributed by atoms with E-state index in [1.54, 1.807) is 12.1 Å². The van der Waals surface area contributed by atoms with E-state index in [1.165, 1.54) is 0 Å². The second kappa shape index (κ2) is 7.27. The van der Waals surface area contributed by atoms with Crippen LogP contribution in [-0.4, -0.2) is 9.55 Å². The van der Waals surface area contributed by atoms with Crippen LogP contribution in [0.5, 0.6) is 0 Å². The maximum absolute atomic E-state index is 9.11. The van der Waals surface area contributed by atoms with Crippen LogP contribution in [-0.2, 0) is 13.0 Å². The lowest BCUT2D eigenvalue weighted by Crippen LogP contribution is -2.07. The summed E-state index contributed by atoms with van der Waals surface area (Å²) in [7, 11) is 0. The highest BCUT2D eigenvalue weighted by atomic mass is 35.5. The molecule has 0 fully saturated rings. The van der Waals surface area contributed by atoms with Crippen LogP contribution in [0.2, 0.25) is 15.2 Å². The minimum absolute atomic E-state index is 0.171. The van der Waals surface area contributed by atoms with Gasteiger partial charge < -0.3 is 4.57 Å². The quantitative estimate of drug-likeness (QED) is 0.592. The van der Waals surface area contributed by atoms with Crippen LogP contribution in [0, 0.1) is 11.3 Å².